The van der Waals surface area contributed by atoms with Crippen molar-refractivity contribution in [1.82, 2.24) is 4.98 Å². The van der Waals surface area contributed by atoms with Crippen LogP contribution in [0.5, 0.6) is 63.2 Å². The normalized spacial score (nSPS) is 12.6. The van der Waals surface area contributed by atoms with Gasteiger partial charge in [0.05, 0.1) is 59.4 Å². The molecule has 2 heterocycles. The van der Waals surface area contributed by atoms with Gasteiger partial charge in [-0.3, -0.25) is 14.4 Å². The molecular formula is C48H62N2O12. The molecule has 62 heavy (non-hydrogen) atoms. The lowest BCUT2D eigenvalue weighted by Gasteiger charge is -2.26. The maximum absolute atomic E-state index is 13.1. The SMILES string of the molecule is C.C.CCCCCC1C(=O)Nc2c(Oc3ccc(OC)cc3OC)cc(OC)cc2C1=O.CCCCCc1c(O)c2cc(OC)cc(Oc3ccc(OC)cc3OC)c2[nH]c1=O. The molecule has 5 aromatic rings. The van der Waals surface area contributed by atoms with E-state index < -0.39 is 5.92 Å². The summed E-state index contributed by atoms with van der Waals surface area (Å²) in [4.78, 5) is 41.3. The summed E-state index contributed by atoms with van der Waals surface area (Å²) in [5.41, 5.74) is 1.16. The number of unbranched alkanes of at least 4 members (excludes halogenated alkanes) is 4. The standard InChI is InChI=1S/2C23H27NO6.2CH4/c2*1-5-6-7-8-16-22(25)17-11-15(28-3)13-20(21(17)24-23(16)26)30-18-10-9-14(27-2)12-19(18)29-4;;/h9-13H,5-8H2,1-4H3,(H2,24,25,26);9-13,16H,5-8H2,1-4H3,(H,24,26);2*1H4. The number of aromatic hydroxyl groups is 1. The molecule has 1 aliphatic heterocycles. The Hall–Kier alpha value is -6.57. The second-order valence-corrected chi connectivity index (χ2v) is 14.0. The largest absolute Gasteiger partial charge is 0.507 e. The summed E-state index contributed by atoms with van der Waals surface area (Å²) in [5.74, 6) is 3.35. The fraction of sp³-hybridized carbons (Fsp3) is 0.396. The Morgan fingerprint density at radius 1 is 0.581 bits per heavy atom. The summed E-state index contributed by atoms with van der Waals surface area (Å²) in [7, 11) is 9.23. The highest BCUT2D eigenvalue weighted by Crippen LogP contribution is 2.44. The third-order valence-electron chi connectivity index (χ3n) is 10.1. The molecule has 0 fully saturated rings. The van der Waals surface area contributed by atoms with E-state index >= 15 is 0 Å². The molecule has 0 radical (unpaired) electrons. The minimum absolute atomic E-state index is 0. The summed E-state index contributed by atoms with van der Waals surface area (Å²) in [6, 6.07) is 16.9. The lowest BCUT2D eigenvalue weighted by Crippen LogP contribution is -2.35. The molecule has 14 nitrogen and oxygen atoms in total. The van der Waals surface area contributed by atoms with Crippen molar-refractivity contribution in [3.63, 3.8) is 0 Å². The number of methoxy groups -OCH3 is 6. The first-order valence-corrected chi connectivity index (χ1v) is 19.9. The summed E-state index contributed by atoms with van der Waals surface area (Å²) >= 11 is 0. The lowest BCUT2D eigenvalue weighted by molar-refractivity contribution is -0.119. The zero-order chi connectivity index (χ0) is 43.3. The molecule has 3 N–H and O–H groups in total. The number of hydrogen-bond acceptors (Lipinski definition) is 12. The van der Waals surface area contributed by atoms with Gasteiger partial charge in [-0.1, -0.05) is 60.8 Å². The molecule has 1 amide bonds. The number of ketones is 1. The van der Waals surface area contributed by atoms with E-state index in [9.17, 15) is 19.5 Å². The van der Waals surface area contributed by atoms with E-state index in [1.807, 2.05) is 0 Å². The second kappa shape index (κ2) is 23.4. The number of ether oxygens (including phenoxy) is 8. The minimum atomic E-state index is -0.695. The molecule has 0 saturated heterocycles. The Balaban J connectivity index is 0.000000320. The minimum Gasteiger partial charge on any atom is -0.507 e. The highest BCUT2D eigenvalue weighted by molar-refractivity contribution is 6.22. The topological polar surface area (TPSA) is 173 Å². The summed E-state index contributed by atoms with van der Waals surface area (Å²) in [6.07, 6.45) is 6.70. The number of carbonyl (C=O) groups is 2. The van der Waals surface area contributed by atoms with Crippen LogP contribution in [0.3, 0.4) is 0 Å². The van der Waals surface area contributed by atoms with E-state index in [2.05, 4.69) is 24.1 Å². The van der Waals surface area contributed by atoms with Gasteiger partial charge >= 0.3 is 0 Å². The first kappa shape index (κ1) is 49.8. The number of benzene rings is 4. The van der Waals surface area contributed by atoms with Crippen LogP contribution in [0.4, 0.5) is 5.69 Å². The number of nitrogens with one attached hydrogen (secondary N) is 2. The first-order valence-electron chi connectivity index (χ1n) is 19.9. The third kappa shape index (κ3) is 11.4. The molecule has 14 heteroatoms. The van der Waals surface area contributed by atoms with Gasteiger partial charge in [0.15, 0.2) is 40.3 Å². The maximum Gasteiger partial charge on any atom is 0.255 e. The number of carbonyl (C=O) groups excluding carboxylic acids is 2. The van der Waals surface area contributed by atoms with Gasteiger partial charge in [0.1, 0.15) is 34.7 Å². The molecule has 1 aliphatic rings. The van der Waals surface area contributed by atoms with Crippen LogP contribution in [-0.2, 0) is 11.2 Å². The Bertz CT molecular complexity index is 2360. The van der Waals surface area contributed by atoms with Crippen molar-refractivity contribution < 1.29 is 52.6 Å². The molecule has 0 aliphatic carbocycles. The van der Waals surface area contributed by atoms with Crippen LogP contribution in [0.25, 0.3) is 10.9 Å². The molecule has 0 spiro atoms. The third-order valence-corrected chi connectivity index (χ3v) is 10.1. The van der Waals surface area contributed by atoms with Gasteiger partial charge in [0.25, 0.3) is 5.56 Å². The molecule has 1 atom stereocenters. The van der Waals surface area contributed by atoms with Crippen LogP contribution in [0.1, 0.15) is 89.6 Å². The zero-order valence-corrected chi connectivity index (χ0v) is 35.4. The highest BCUT2D eigenvalue weighted by atomic mass is 16.5. The van der Waals surface area contributed by atoms with Gasteiger partial charge in [0, 0.05) is 35.2 Å². The van der Waals surface area contributed by atoms with Crippen molar-refractivity contribution in [3.05, 3.63) is 82.1 Å². The van der Waals surface area contributed by atoms with Crippen molar-refractivity contribution in [1.29, 1.82) is 0 Å². The number of fused-ring (bicyclic) bond motifs is 2. The van der Waals surface area contributed by atoms with Gasteiger partial charge in [-0.05, 0) is 55.7 Å². The van der Waals surface area contributed by atoms with Gasteiger partial charge in [-0.15, -0.1) is 0 Å². The van der Waals surface area contributed by atoms with E-state index in [-0.39, 0.29) is 37.9 Å². The highest BCUT2D eigenvalue weighted by Gasteiger charge is 2.36. The molecule has 6 rings (SSSR count). The predicted molar refractivity (Wildman–Crippen MR) is 242 cm³/mol. The summed E-state index contributed by atoms with van der Waals surface area (Å²) < 4.78 is 44.1. The maximum atomic E-state index is 13.1. The van der Waals surface area contributed by atoms with Gasteiger partial charge in [-0.2, -0.15) is 0 Å². The molecule has 336 valence electrons. The van der Waals surface area contributed by atoms with Crippen molar-refractivity contribution in [2.75, 3.05) is 48.0 Å². The molecule has 4 aromatic carbocycles. The second-order valence-electron chi connectivity index (χ2n) is 14.0. The van der Waals surface area contributed by atoms with Crippen molar-refractivity contribution in [3.8, 4) is 63.2 Å². The zero-order valence-electron chi connectivity index (χ0n) is 35.4. The fourth-order valence-electron chi connectivity index (χ4n) is 6.79. The Kier molecular flexibility index (Phi) is 18.8. The number of amides is 1. The number of aromatic amines is 1. The van der Waals surface area contributed by atoms with E-state index in [4.69, 9.17) is 37.9 Å². The van der Waals surface area contributed by atoms with Gasteiger partial charge in [-0.25, -0.2) is 0 Å². The fourth-order valence-corrected chi connectivity index (χ4v) is 6.79. The van der Waals surface area contributed by atoms with Crippen LogP contribution in [0.15, 0.2) is 65.5 Å². The smallest absolute Gasteiger partial charge is 0.255 e. The quantitative estimate of drug-likeness (QED) is 0.0563. The van der Waals surface area contributed by atoms with Crippen LogP contribution in [0, 0.1) is 5.92 Å². The number of rotatable bonds is 18. The Labute approximate surface area is 364 Å². The van der Waals surface area contributed by atoms with Gasteiger partial charge in [0.2, 0.25) is 5.91 Å². The van der Waals surface area contributed by atoms with Gasteiger partial charge < -0.3 is 53.3 Å². The average molecular weight is 859 g/mol. The molecule has 1 aromatic heterocycles. The van der Waals surface area contributed by atoms with E-state index in [1.54, 1.807) is 74.9 Å². The number of hydrogen-bond donors (Lipinski definition) is 3. The molecule has 0 bridgehead atoms. The lowest BCUT2D eigenvalue weighted by atomic mass is 9.87. The van der Waals surface area contributed by atoms with Crippen molar-refractivity contribution >= 4 is 28.3 Å². The monoisotopic (exact) mass is 858 g/mol. The van der Waals surface area contributed by atoms with Crippen LogP contribution in [0.2, 0.25) is 0 Å². The van der Waals surface area contributed by atoms with Crippen molar-refractivity contribution in [2.45, 2.75) is 80.1 Å². The predicted octanol–water partition coefficient (Wildman–Crippen LogP) is 10.9. The number of anilines is 1. The van der Waals surface area contributed by atoms with Crippen LogP contribution < -0.4 is 48.8 Å². The summed E-state index contributed by atoms with van der Waals surface area (Å²) in [6.45, 7) is 4.17. The van der Waals surface area contributed by atoms with E-state index in [0.29, 0.717) is 98.1 Å². The number of aromatic nitrogens is 1. The first-order chi connectivity index (χ1) is 29.0. The van der Waals surface area contributed by atoms with Crippen LogP contribution in [-0.4, -0.2) is 64.4 Å². The number of Topliss-reactive ketones (excluding diaryl/α,β-unsaturated/α-hetero) is 1. The Morgan fingerprint density at radius 2 is 1.10 bits per heavy atom. The van der Waals surface area contributed by atoms with E-state index in [1.165, 1.54) is 28.4 Å². The molecule has 1 unspecified atom stereocenters. The number of pyridine rings is 1. The van der Waals surface area contributed by atoms with E-state index in [0.717, 1.165) is 38.5 Å². The Morgan fingerprint density at radius 3 is 1.65 bits per heavy atom. The van der Waals surface area contributed by atoms with Crippen LogP contribution >= 0.6 is 0 Å². The average Bonchev–Trinajstić information content (AvgIpc) is 3.26. The molecule has 0 saturated carbocycles. The summed E-state index contributed by atoms with van der Waals surface area (Å²) in [5, 5.41) is 14.2. The molecular weight excluding hydrogens is 797 g/mol. The van der Waals surface area contributed by atoms with Crippen molar-refractivity contribution in [2.24, 2.45) is 5.92 Å². The number of H-pyrrole nitrogens is 1.